The number of ether oxygens (including phenoxy) is 2. The van der Waals surface area contributed by atoms with Crippen LogP contribution in [0, 0.1) is 0 Å². The predicted octanol–water partition coefficient (Wildman–Crippen LogP) is 12.4. The fraction of sp³-hybridized carbons (Fsp3) is 0.982. The number of hydrogen-bond donors (Lipinski definition) is 7. The zero-order valence-corrected chi connectivity index (χ0v) is 42.6. The Morgan fingerprint density at radius 1 is 0.462 bits per heavy atom. The molecule has 0 spiro atoms. The molecule has 1 fully saturated rings. The van der Waals surface area contributed by atoms with Crippen molar-refractivity contribution < 1.29 is 44.9 Å². The molecule has 10 heteroatoms. The van der Waals surface area contributed by atoms with Crippen LogP contribution in [0.15, 0.2) is 0 Å². The lowest BCUT2D eigenvalue weighted by Gasteiger charge is -2.40. The summed E-state index contributed by atoms with van der Waals surface area (Å²) < 4.78 is 11.2. The number of carbonyl (C=O) groups excluding carboxylic acids is 1. The Kier molecular flexibility index (Phi) is 43.6. The molecule has 7 N–H and O–H groups in total. The zero-order valence-electron chi connectivity index (χ0n) is 42.6. The quantitative estimate of drug-likeness (QED) is 0.0294. The summed E-state index contributed by atoms with van der Waals surface area (Å²) in [7, 11) is 0. The van der Waals surface area contributed by atoms with Gasteiger partial charge in [0.15, 0.2) is 6.29 Å². The van der Waals surface area contributed by atoms with Crippen LogP contribution >= 0.6 is 0 Å². The number of carbonyl (C=O) groups is 1. The second kappa shape index (κ2) is 45.6. The summed E-state index contributed by atoms with van der Waals surface area (Å²) in [5, 5.41) is 65.1. The van der Waals surface area contributed by atoms with Crippen molar-refractivity contribution in [3.05, 3.63) is 0 Å². The number of unbranched alkanes of at least 4 members (excludes halogenated alkanes) is 38. The van der Waals surface area contributed by atoms with E-state index in [2.05, 4.69) is 19.2 Å². The van der Waals surface area contributed by atoms with Crippen LogP contribution in [-0.4, -0.2) is 98.7 Å². The summed E-state index contributed by atoms with van der Waals surface area (Å²) in [6.07, 6.45) is 43.1. The van der Waals surface area contributed by atoms with Gasteiger partial charge in [-0.3, -0.25) is 4.79 Å². The van der Waals surface area contributed by atoms with Crippen molar-refractivity contribution in [3.63, 3.8) is 0 Å². The van der Waals surface area contributed by atoms with Gasteiger partial charge in [0.05, 0.1) is 25.4 Å². The number of aliphatic hydroxyl groups excluding tert-OH is 6. The molecule has 1 aliphatic heterocycles. The Balaban J connectivity index is 2.20. The highest BCUT2D eigenvalue weighted by Crippen LogP contribution is 2.23. The van der Waals surface area contributed by atoms with Crippen molar-refractivity contribution in [2.75, 3.05) is 13.2 Å². The molecule has 1 rings (SSSR count). The van der Waals surface area contributed by atoms with E-state index in [9.17, 15) is 35.4 Å². The first-order valence-corrected chi connectivity index (χ1v) is 28.3. The monoisotopic (exact) mass is 928 g/mol. The first-order chi connectivity index (χ1) is 31.8. The normalized spacial score (nSPS) is 20.3. The Labute approximate surface area is 400 Å². The molecule has 1 aliphatic rings. The van der Waals surface area contributed by atoms with E-state index >= 15 is 0 Å². The Morgan fingerprint density at radius 3 is 1.09 bits per heavy atom. The molecule has 0 aromatic carbocycles. The predicted molar refractivity (Wildman–Crippen MR) is 269 cm³/mol. The first-order valence-electron chi connectivity index (χ1n) is 28.3. The molecular formula is C55H109NO9. The molecule has 8 atom stereocenters. The van der Waals surface area contributed by atoms with Crippen LogP contribution in [0.5, 0.6) is 0 Å². The molecule has 0 aromatic heterocycles. The van der Waals surface area contributed by atoms with Gasteiger partial charge in [-0.05, 0) is 12.8 Å². The standard InChI is InChI=1S/C55H109NO9/c1-3-5-7-9-11-13-15-17-19-20-21-22-23-24-25-26-27-28-29-30-32-34-36-38-40-42-44-49(59)54(63)56-47(46-64-55-53(62)52(61)51(60)50(45-57)65-55)48(58)43-41-39-37-35-33-31-18-16-14-12-10-8-6-4-2/h47-53,55,57-62H,3-46H2,1-2H3,(H,56,63). The molecule has 0 bridgehead atoms. The van der Waals surface area contributed by atoms with E-state index in [4.69, 9.17) is 9.47 Å². The number of amides is 1. The molecule has 1 amide bonds. The summed E-state index contributed by atoms with van der Waals surface area (Å²) in [6, 6.07) is -0.889. The van der Waals surface area contributed by atoms with E-state index in [-0.39, 0.29) is 6.61 Å². The van der Waals surface area contributed by atoms with E-state index < -0.39 is 61.5 Å². The molecule has 1 saturated heterocycles. The van der Waals surface area contributed by atoms with Gasteiger partial charge < -0.3 is 45.4 Å². The van der Waals surface area contributed by atoms with Crippen LogP contribution in [0.3, 0.4) is 0 Å². The van der Waals surface area contributed by atoms with E-state index in [0.717, 1.165) is 38.5 Å². The average molecular weight is 928 g/mol. The Hall–Kier alpha value is -0.850. The van der Waals surface area contributed by atoms with Gasteiger partial charge in [-0.1, -0.05) is 271 Å². The molecule has 0 saturated carbocycles. The van der Waals surface area contributed by atoms with Crippen LogP contribution in [0.25, 0.3) is 0 Å². The van der Waals surface area contributed by atoms with Crippen molar-refractivity contribution in [1.82, 2.24) is 5.32 Å². The van der Waals surface area contributed by atoms with Crippen LogP contribution in [0.1, 0.15) is 284 Å². The minimum Gasteiger partial charge on any atom is -0.394 e. The summed E-state index contributed by atoms with van der Waals surface area (Å²) in [6.45, 7) is 3.71. The maximum Gasteiger partial charge on any atom is 0.249 e. The molecule has 10 nitrogen and oxygen atoms in total. The van der Waals surface area contributed by atoms with Gasteiger partial charge in [0, 0.05) is 0 Å². The smallest absolute Gasteiger partial charge is 0.249 e. The van der Waals surface area contributed by atoms with E-state index in [1.54, 1.807) is 0 Å². The molecule has 0 radical (unpaired) electrons. The highest BCUT2D eigenvalue weighted by molar-refractivity contribution is 5.80. The minimum absolute atomic E-state index is 0.250. The third-order valence-corrected chi connectivity index (χ3v) is 14.1. The fourth-order valence-electron chi connectivity index (χ4n) is 9.47. The SMILES string of the molecule is CCCCCCCCCCCCCCCCCCCCCCCCCCCCC(O)C(=O)NC(COC1OC(CO)C(O)C(O)C1O)C(O)CCCCCCCCCCCCCCCC. The average Bonchev–Trinajstić information content (AvgIpc) is 3.31. The highest BCUT2D eigenvalue weighted by atomic mass is 16.7. The maximum absolute atomic E-state index is 13.1. The van der Waals surface area contributed by atoms with Crippen molar-refractivity contribution >= 4 is 5.91 Å². The van der Waals surface area contributed by atoms with Crippen LogP contribution in [-0.2, 0) is 14.3 Å². The lowest BCUT2D eigenvalue weighted by atomic mass is 9.99. The van der Waals surface area contributed by atoms with E-state index in [0.29, 0.717) is 12.8 Å². The van der Waals surface area contributed by atoms with Crippen molar-refractivity contribution in [3.8, 4) is 0 Å². The third kappa shape index (κ3) is 35.0. The molecule has 65 heavy (non-hydrogen) atoms. The third-order valence-electron chi connectivity index (χ3n) is 14.1. The number of hydrogen-bond acceptors (Lipinski definition) is 9. The lowest BCUT2D eigenvalue weighted by Crippen LogP contribution is -2.60. The van der Waals surface area contributed by atoms with Gasteiger partial charge in [-0.15, -0.1) is 0 Å². The number of nitrogens with one attached hydrogen (secondary N) is 1. The minimum atomic E-state index is -1.59. The molecule has 388 valence electrons. The Bertz CT molecular complexity index is 1000. The van der Waals surface area contributed by atoms with Gasteiger partial charge in [0.25, 0.3) is 0 Å². The largest absolute Gasteiger partial charge is 0.394 e. The molecule has 0 aromatic rings. The topological polar surface area (TPSA) is 169 Å². The summed E-state index contributed by atoms with van der Waals surface area (Å²) >= 11 is 0. The fourth-order valence-corrected chi connectivity index (χ4v) is 9.47. The van der Waals surface area contributed by atoms with Gasteiger partial charge in [-0.2, -0.15) is 0 Å². The molecule has 0 aliphatic carbocycles. The van der Waals surface area contributed by atoms with Crippen molar-refractivity contribution in [1.29, 1.82) is 0 Å². The van der Waals surface area contributed by atoms with E-state index in [1.807, 2.05) is 0 Å². The second-order valence-electron chi connectivity index (χ2n) is 20.2. The van der Waals surface area contributed by atoms with Gasteiger partial charge >= 0.3 is 0 Å². The lowest BCUT2D eigenvalue weighted by molar-refractivity contribution is -0.302. The first kappa shape index (κ1) is 62.2. The van der Waals surface area contributed by atoms with Gasteiger partial charge in [-0.25, -0.2) is 0 Å². The summed E-state index contributed by atoms with van der Waals surface area (Å²) in [4.78, 5) is 13.1. The van der Waals surface area contributed by atoms with E-state index in [1.165, 1.54) is 218 Å². The second-order valence-corrected chi connectivity index (χ2v) is 20.2. The number of rotatable bonds is 49. The Morgan fingerprint density at radius 2 is 0.769 bits per heavy atom. The van der Waals surface area contributed by atoms with Crippen LogP contribution < -0.4 is 5.32 Å². The summed E-state index contributed by atoms with van der Waals surface area (Å²) in [5.74, 6) is -0.577. The van der Waals surface area contributed by atoms with Crippen LogP contribution in [0.2, 0.25) is 0 Å². The van der Waals surface area contributed by atoms with Crippen LogP contribution in [0.4, 0.5) is 0 Å². The molecule has 1 heterocycles. The van der Waals surface area contributed by atoms with Gasteiger partial charge in [0.2, 0.25) is 5.91 Å². The van der Waals surface area contributed by atoms with Gasteiger partial charge in [0.1, 0.15) is 30.5 Å². The molecule has 8 unspecified atom stereocenters. The van der Waals surface area contributed by atoms with Crippen molar-refractivity contribution in [2.24, 2.45) is 0 Å². The molecular weight excluding hydrogens is 819 g/mol. The van der Waals surface area contributed by atoms with Crippen molar-refractivity contribution in [2.45, 2.75) is 332 Å². The highest BCUT2D eigenvalue weighted by Gasteiger charge is 2.44. The summed E-state index contributed by atoms with van der Waals surface area (Å²) in [5.41, 5.74) is 0. The zero-order chi connectivity index (χ0) is 47.4. The number of aliphatic hydroxyl groups is 6. The maximum atomic E-state index is 13.1.